The molecule has 2 heterocycles. The quantitative estimate of drug-likeness (QED) is 0.461. The van der Waals surface area contributed by atoms with Crippen LogP contribution in [0.3, 0.4) is 0 Å². The van der Waals surface area contributed by atoms with E-state index in [0.29, 0.717) is 17.4 Å². The molecule has 0 fully saturated rings. The number of hydrogen-bond acceptors (Lipinski definition) is 4. The molecule has 4 aromatic rings. The molecular formula is C22H21N5O. The fraction of sp³-hybridized carbons (Fsp3) is 0.136. The molecule has 4 rings (SSSR count). The van der Waals surface area contributed by atoms with Crippen molar-refractivity contribution in [3.8, 4) is 0 Å². The Morgan fingerprint density at radius 1 is 1.11 bits per heavy atom. The molecule has 0 bridgehead atoms. The summed E-state index contributed by atoms with van der Waals surface area (Å²) >= 11 is 0. The Balaban J connectivity index is 1.71. The van der Waals surface area contributed by atoms with Crippen molar-refractivity contribution in [1.82, 2.24) is 15.2 Å². The second kappa shape index (κ2) is 7.52. The van der Waals surface area contributed by atoms with Crippen molar-refractivity contribution in [2.75, 3.05) is 10.2 Å². The maximum atomic E-state index is 12.0. The van der Waals surface area contributed by atoms with Gasteiger partial charge in [0.2, 0.25) is 6.41 Å². The molecule has 0 radical (unpaired) electrons. The molecule has 0 spiro atoms. The third kappa shape index (κ3) is 3.44. The first-order valence-corrected chi connectivity index (χ1v) is 9.15. The number of aromatic nitrogens is 3. The number of benzene rings is 2. The van der Waals surface area contributed by atoms with Crippen molar-refractivity contribution >= 4 is 40.2 Å². The van der Waals surface area contributed by atoms with Gasteiger partial charge in [-0.25, -0.2) is 4.98 Å². The standard InChI is InChI=1S/C22H21N5O/c1-15(2)16-5-3-6-19(11-16)27(14-28)21-7-4-10-23-22(21)25-18-9-8-17-13-24-26-20(17)12-18/h3-15H,1-2H3,(H,23,25)(H,24,26). The van der Waals surface area contributed by atoms with Gasteiger partial charge in [0, 0.05) is 23.0 Å². The molecule has 0 aliphatic heterocycles. The van der Waals surface area contributed by atoms with Crippen molar-refractivity contribution in [3.63, 3.8) is 0 Å². The molecule has 1 amide bonds. The Labute approximate surface area is 163 Å². The van der Waals surface area contributed by atoms with E-state index in [-0.39, 0.29) is 0 Å². The van der Waals surface area contributed by atoms with Gasteiger partial charge in [0.25, 0.3) is 0 Å². The van der Waals surface area contributed by atoms with E-state index in [4.69, 9.17) is 0 Å². The van der Waals surface area contributed by atoms with Gasteiger partial charge in [-0.1, -0.05) is 26.0 Å². The van der Waals surface area contributed by atoms with Crippen LogP contribution in [0.1, 0.15) is 25.3 Å². The average molecular weight is 371 g/mol. The summed E-state index contributed by atoms with van der Waals surface area (Å²) in [5, 5.41) is 11.4. The minimum absolute atomic E-state index is 0.376. The first kappa shape index (κ1) is 17.7. The van der Waals surface area contributed by atoms with E-state index in [2.05, 4.69) is 40.4 Å². The van der Waals surface area contributed by atoms with E-state index in [1.54, 1.807) is 17.3 Å². The van der Waals surface area contributed by atoms with Crippen LogP contribution in [-0.2, 0) is 4.79 Å². The van der Waals surface area contributed by atoms with Crippen LogP contribution in [-0.4, -0.2) is 21.6 Å². The van der Waals surface area contributed by atoms with Crippen molar-refractivity contribution in [2.45, 2.75) is 19.8 Å². The maximum Gasteiger partial charge on any atom is 0.218 e. The predicted octanol–water partition coefficient (Wildman–Crippen LogP) is 5.12. The minimum Gasteiger partial charge on any atom is -0.338 e. The number of rotatable bonds is 6. The SMILES string of the molecule is CC(C)c1cccc(N(C=O)c2cccnc2Nc2ccc3cn[nH]c3c2)c1. The normalized spacial score (nSPS) is 11.0. The van der Waals surface area contributed by atoms with Crippen LogP contribution >= 0.6 is 0 Å². The van der Waals surface area contributed by atoms with Gasteiger partial charge in [0.15, 0.2) is 5.82 Å². The van der Waals surface area contributed by atoms with Gasteiger partial charge in [-0.2, -0.15) is 5.10 Å². The molecule has 2 aromatic carbocycles. The third-order valence-corrected chi connectivity index (χ3v) is 4.67. The monoisotopic (exact) mass is 371 g/mol. The Morgan fingerprint density at radius 3 is 2.82 bits per heavy atom. The van der Waals surface area contributed by atoms with Gasteiger partial charge >= 0.3 is 0 Å². The summed E-state index contributed by atoms with van der Waals surface area (Å²) in [6.45, 7) is 4.26. The fourth-order valence-electron chi connectivity index (χ4n) is 3.13. The molecule has 0 saturated heterocycles. The number of amides is 1. The highest BCUT2D eigenvalue weighted by atomic mass is 16.1. The number of fused-ring (bicyclic) bond motifs is 1. The maximum absolute atomic E-state index is 12.0. The number of H-pyrrole nitrogens is 1. The Kier molecular flexibility index (Phi) is 4.76. The lowest BCUT2D eigenvalue weighted by Gasteiger charge is -2.22. The molecule has 6 heteroatoms. The van der Waals surface area contributed by atoms with Gasteiger partial charge in [-0.15, -0.1) is 0 Å². The van der Waals surface area contributed by atoms with Crippen LogP contribution < -0.4 is 10.2 Å². The van der Waals surface area contributed by atoms with Crippen molar-refractivity contribution < 1.29 is 4.79 Å². The van der Waals surface area contributed by atoms with Gasteiger partial charge < -0.3 is 5.32 Å². The Morgan fingerprint density at radius 2 is 2.00 bits per heavy atom. The molecule has 6 nitrogen and oxygen atoms in total. The zero-order valence-electron chi connectivity index (χ0n) is 15.8. The topological polar surface area (TPSA) is 73.9 Å². The van der Waals surface area contributed by atoms with E-state index in [1.165, 1.54) is 5.56 Å². The zero-order chi connectivity index (χ0) is 19.5. The first-order valence-electron chi connectivity index (χ1n) is 9.15. The third-order valence-electron chi connectivity index (χ3n) is 4.67. The highest BCUT2D eigenvalue weighted by Crippen LogP contribution is 2.33. The van der Waals surface area contributed by atoms with E-state index in [0.717, 1.165) is 28.7 Å². The highest BCUT2D eigenvalue weighted by Gasteiger charge is 2.15. The molecular weight excluding hydrogens is 350 g/mol. The summed E-state index contributed by atoms with van der Waals surface area (Å²) < 4.78 is 0. The zero-order valence-corrected chi connectivity index (χ0v) is 15.8. The summed E-state index contributed by atoms with van der Waals surface area (Å²) in [6.07, 6.45) is 4.30. The number of hydrogen-bond donors (Lipinski definition) is 2. The number of carbonyl (C=O) groups excluding carboxylic acids is 1. The second-order valence-corrected chi connectivity index (χ2v) is 6.89. The summed E-state index contributed by atoms with van der Waals surface area (Å²) in [6, 6.07) is 17.6. The van der Waals surface area contributed by atoms with E-state index >= 15 is 0 Å². The summed E-state index contributed by atoms with van der Waals surface area (Å²) in [4.78, 5) is 18.1. The van der Waals surface area contributed by atoms with Crippen LogP contribution in [0.5, 0.6) is 0 Å². The number of nitrogens with one attached hydrogen (secondary N) is 2. The lowest BCUT2D eigenvalue weighted by atomic mass is 10.0. The Bertz CT molecular complexity index is 1120. The van der Waals surface area contributed by atoms with Gasteiger partial charge in [0.05, 0.1) is 17.4 Å². The van der Waals surface area contributed by atoms with Crippen LogP contribution in [0.15, 0.2) is 67.0 Å². The van der Waals surface area contributed by atoms with E-state index in [1.807, 2.05) is 48.5 Å². The molecule has 2 N–H and O–H groups in total. The molecule has 0 unspecified atom stereocenters. The van der Waals surface area contributed by atoms with Crippen molar-refractivity contribution in [1.29, 1.82) is 0 Å². The van der Waals surface area contributed by atoms with Crippen LogP contribution in [0.4, 0.5) is 22.9 Å². The fourth-order valence-corrected chi connectivity index (χ4v) is 3.13. The number of anilines is 4. The van der Waals surface area contributed by atoms with Crippen molar-refractivity contribution in [3.05, 3.63) is 72.6 Å². The van der Waals surface area contributed by atoms with E-state index < -0.39 is 0 Å². The smallest absolute Gasteiger partial charge is 0.218 e. The highest BCUT2D eigenvalue weighted by molar-refractivity contribution is 5.92. The van der Waals surface area contributed by atoms with Gasteiger partial charge in [-0.05, 0) is 53.9 Å². The molecule has 0 aliphatic rings. The number of pyridine rings is 1. The number of nitrogens with zero attached hydrogens (tertiary/aromatic N) is 3. The van der Waals surface area contributed by atoms with Crippen LogP contribution in [0.25, 0.3) is 10.9 Å². The minimum atomic E-state index is 0.376. The molecule has 2 aromatic heterocycles. The Hall–Kier alpha value is -3.67. The van der Waals surface area contributed by atoms with Crippen LogP contribution in [0.2, 0.25) is 0 Å². The second-order valence-electron chi connectivity index (χ2n) is 6.89. The summed E-state index contributed by atoms with van der Waals surface area (Å²) in [7, 11) is 0. The lowest BCUT2D eigenvalue weighted by Crippen LogP contribution is -2.16. The van der Waals surface area contributed by atoms with Gasteiger partial charge in [0.1, 0.15) is 0 Å². The van der Waals surface area contributed by atoms with Crippen molar-refractivity contribution in [2.24, 2.45) is 0 Å². The van der Waals surface area contributed by atoms with E-state index in [9.17, 15) is 4.79 Å². The average Bonchev–Trinajstić information content (AvgIpc) is 3.18. The summed E-state index contributed by atoms with van der Waals surface area (Å²) in [5.41, 5.74) is 4.45. The molecule has 0 saturated carbocycles. The number of carbonyl (C=O) groups is 1. The molecule has 28 heavy (non-hydrogen) atoms. The molecule has 140 valence electrons. The predicted molar refractivity (Wildman–Crippen MR) is 112 cm³/mol. The lowest BCUT2D eigenvalue weighted by molar-refractivity contribution is -0.106. The number of aromatic amines is 1. The van der Waals surface area contributed by atoms with Gasteiger partial charge in [-0.3, -0.25) is 14.8 Å². The first-order chi connectivity index (χ1) is 13.7. The molecule has 0 aliphatic carbocycles. The summed E-state index contributed by atoms with van der Waals surface area (Å²) in [5.74, 6) is 0.976. The van der Waals surface area contributed by atoms with Crippen LogP contribution in [0, 0.1) is 0 Å². The molecule has 0 atom stereocenters. The largest absolute Gasteiger partial charge is 0.338 e.